The molecule has 1 N–H and O–H groups in total. The Morgan fingerprint density at radius 3 is 2.80 bits per heavy atom. The quantitative estimate of drug-likeness (QED) is 0.788. The fraction of sp³-hybridized carbons (Fsp3) is 0.267. The Morgan fingerprint density at radius 1 is 1.15 bits per heavy atom. The Bertz CT molecular complexity index is 759. The largest absolute Gasteiger partial charge is 0.441 e. The van der Waals surface area contributed by atoms with Crippen LogP contribution in [0.5, 0.6) is 0 Å². The first kappa shape index (κ1) is 11.4. The summed E-state index contributed by atoms with van der Waals surface area (Å²) < 4.78 is 5.54. The molecule has 100 valence electrons. The van der Waals surface area contributed by atoms with Crippen molar-refractivity contribution in [3.63, 3.8) is 0 Å². The number of oxazole rings is 1. The summed E-state index contributed by atoms with van der Waals surface area (Å²) in [6, 6.07) is 10.4. The third kappa shape index (κ3) is 2.11. The number of anilines is 1. The van der Waals surface area contributed by atoms with Crippen molar-refractivity contribution in [2.45, 2.75) is 25.8 Å². The van der Waals surface area contributed by atoms with E-state index in [0.717, 1.165) is 28.2 Å². The molecular formula is C15H14N4O. The van der Waals surface area contributed by atoms with Gasteiger partial charge in [0.15, 0.2) is 11.5 Å². The maximum atomic E-state index is 5.54. The van der Waals surface area contributed by atoms with E-state index in [1.807, 2.05) is 37.3 Å². The lowest BCUT2D eigenvalue weighted by molar-refractivity contribution is 0.561. The van der Waals surface area contributed by atoms with Crippen LogP contribution in [0.15, 0.2) is 34.7 Å². The van der Waals surface area contributed by atoms with E-state index in [9.17, 15) is 0 Å². The predicted octanol–water partition coefficient (Wildman–Crippen LogP) is 3.17. The number of nitrogens with one attached hydrogen (secondary N) is 1. The van der Waals surface area contributed by atoms with Crippen LogP contribution in [0.25, 0.3) is 22.4 Å². The molecule has 2 heterocycles. The summed E-state index contributed by atoms with van der Waals surface area (Å²) in [6.45, 7) is 1.85. The third-order valence-corrected chi connectivity index (χ3v) is 3.39. The SMILES string of the molecule is Cc1nc2ccc(-c3ccc(NC4CC4)nn3)cc2o1. The van der Waals surface area contributed by atoms with E-state index in [1.54, 1.807) is 0 Å². The minimum Gasteiger partial charge on any atom is -0.441 e. The van der Waals surface area contributed by atoms with Crippen LogP contribution in [0.1, 0.15) is 18.7 Å². The van der Waals surface area contributed by atoms with E-state index in [0.29, 0.717) is 11.9 Å². The van der Waals surface area contributed by atoms with Crippen molar-refractivity contribution >= 4 is 16.9 Å². The van der Waals surface area contributed by atoms with Gasteiger partial charge >= 0.3 is 0 Å². The summed E-state index contributed by atoms with van der Waals surface area (Å²) in [5, 5.41) is 11.8. The van der Waals surface area contributed by atoms with E-state index in [-0.39, 0.29) is 0 Å². The number of hydrogen-bond acceptors (Lipinski definition) is 5. The van der Waals surface area contributed by atoms with E-state index >= 15 is 0 Å². The van der Waals surface area contributed by atoms with Crippen molar-refractivity contribution in [3.05, 3.63) is 36.2 Å². The second-order valence-electron chi connectivity index (χ2n) is 5.14. The highest BCUT2D eigenvalue weighted by atomic mass is 16.3. The molecule has 1 aliphatic carbocycles. The van der Waals surface area contributed by atoms with Gasteiger partial charge in [-0.1, -0.05) is 6.07 Å². The Labute approximate surface area is 116 Å². The zero-order chi connectivity index (χ0) is 13.5. The molecular weight excluding hydrogens is 252 g/mol. The molecule has 5 nitrogen and oxygen atoms in total. The molecule has 0 bridgehead atoms. The van der Waals surface area contributed by atoms with Gasteiger partial charge in [-0.25, -0.2) is 4.98 Å². The maximum Gasteiger partial charge on any atom is 0.192 e. The van der Waals surface area contributed by atoms with Crippen molar-refractivity contribution in [3.8, 4) is 11.3 Å². The summed E-state index contributed by atoms with van der Waals surface area (Å²) in [5.74, 6) is 1.51. The molecule has 1 fully saturated rings. The summed E-state index contributed by atoms with van der Waals surface area (Å²) in [7, 11) is 0. The minimum absolute atomic E-state index is 0.587. The van der Waals surface area contributed by atoms with Gasteiger partial charge in [0.25, 0.3) is 0 Å². The van der Waals surface area contributed by atoms with Gasteiger partial charge in [-0.2, -0.15) is 0 Å². The highest BCUT2D eigenvalue weighted by Gasteiger charge is 2.21. The predicted molar refractivity (Wildman–Crippen MR) is 76.4 cm³/mol. The highest BCUT2D eigenvalue weighted by molar-refractivity contribution is 5.79. The molecule has 2 aromatic heterocycles. The number of aromatic nitrogens is 3. The Balaban J connectivity index is 1.66. The van der Waals surface area contributed by atoms with Crippen LogP contribution in [0.4, 0.5) is 5.82 Å². The van der Waals surface area contributed by atoms with Crippen LogP contribution in [-0.2, 0) is 0 Å². The lowest BCUT2D eigenvalue weighted by atomic mass is 10.1. The average Bonchev–Trinajstić information content (AvgIpc) is 3.18. The van der Waals surface area contributed by atoms with Crippen LogP contribution in [-0.4, -0.2) is 21.2 Å². The number of nitrogens with zero attached hydrogens (tertiary/aromatic N) is 3. The van der Waals surface area contributed by atoms with Crippen molar-refractivity contribution in [1.82, 2.24) is 15.2 Å². The average molecular weight is 266 g/mol. The Morgan fingerprint density at radius 2 is 2.05 bits per heavy atom. The zero-order valence-electron chi connectivity index (χ0n) is 11.1. The smallest absolute Gasteiger partial charge is 0.192 e. The van der Waals surface area contributed by atoms with Crippen LogP contribution in [0.3, 0.4) is 0 Å². The van der Waals surface area contributed by atoms with Gasteiger partial charge in [0.05, 0.1) is 5.69 Å². The van der Waals surface area contributed by atoms with E-state index in [2.05, 4.69) is 20.5 Å². The molecule has 0 unspecified atom stereocenters. The number of aryl methyl sites for hydroxylation is 1. The van der Waals surface area contributed by atoms with Gasteiger partial charge in [0.1, 0.15) is 11.3 Å². The zero-order valence-corrected chi connectivity index (χ0v) is 11.1. The first-order chi connectivity index (χ1) is 9.78. The highest BCUT2D eigenvalue weighted by Crippen LogP contribution is 2.26. The lowest BCUT2D eigenvalue weighted by Crippen LogP contribution is -2.03. The molecule has 0 amide bonds. The Kier molecular flexibility index (Phi) is 2.45. The summed E-state index contributed by atoms with van der Waals surface area (Å²) >= 11 is 0. The number of rotatable bonds is 3. The third-order valence-electron chi connectivity index (χ3n) is 3.39. The molecule has 0 aliphatic heterocycles. The maximum absolute atomic E-state index is 5.54. The lowest BCUT2D eigenvalue weighted by Gasteiger charge is -2.03. The molecule has 1 aromatic carbocycles. The molecule has 0 saturated heterocycles. The fourth-order valence-electron chi connectivity index (χ4n) is 2.20. The molecule has 0 spiro atoms. The Hall–Kier alpha value is -2.43. The molecule has 5 heteroatoms. The van der Waals surface area contributed by atoms with E-state index in [4.69, 9.17) is 4.42 Å². The van der Waals surface area contributed by atoms with Crippen molar-refractivity contribution in [2.24, 2.45) is 0 Å². The standard InChI is InChI=1S/C15H14N4O/c1-9-16-13-5-2-10(8-14(13)20-9)12-6-7-15(19-18-12)17-11-3-4-11/h2,5-8,11H,3-4H2,1H3,(H,17,19). The van der Waals surface area contributed by atoms with Gasteiger partial charge in [-0.15, -0.1) is 10.2 Å². The fourth-order valence-corrected chi connectivity index (χ4v) is 2.20. The monoisotopic (exact) mass is 266 g/mol. The van der Waals surface area contributed by atoms with Crippen LogP contribution < -0.4 is 5.32 Å². The molecule has 3 aromatic rings. The first-order valence-electron chi connectivity index (χ1n) is 6.76. The van der Waals surface area contributed by atoms with Gasteiger partial charge in [0.2, 0.25) is 0 Å². The first-order valence-corrected chi connectivity index (χ1v) is 6.76. The van der Waals surface area contributed by atoms with E-state index < -0.39 is 0 Å². The van der Waals surface area contributed by atoms with Crippen molar-refractivity contribution < 1.29 is 4.42 Å². The molecule has 0 atom stereocenters. The second kappa shape index (κ2) is 4.30. The van der Waals surface area contributed by atoms with Gasteiger partial charge in [-0.3, -0.25) is 0 Å². The molecule has 20 heavy (non-hydrogen) atoms. The van der Waals surface area contributed by atoms with Crippen LogP contribution >= 0.6 is 0 Å². The summed E-state index contributed by atoms with van der Waals surface area (Å²) in [4.78, 5) is 4.29. The van der Waals surface area contributed by atoms with Crippen molar-refractivity contribution in [1.29, 1.82) is 0 Å². The van der Waals surface area contributed by atoms with E-state index in [1.165, 1.54) is 12.8 Å². The van der Waals surface area contributed by atoms with Crippen LogP contribution in [0, 0.1) is 6.92 Å². The normalized spacial score (nSPS) is 14.7. The number of hydrogen-bond donors (Lipinski definition) is 1. The molecule has 1 aliphatic rings. The summed E-state index contributed by atoms with van der Waals surface area (Å²) in [6.07, 6.45) is 2.45. The molecule has 4 rings (SSSR count). The second-order valence-corrected chi connectivity index (χ2v) is 5.14. The van der Waals surface area contributed by atoms with Gasteiger partial charge in [-0.05, 0) is 37.1 Å². The number of fused-ring (bicyclic) bond motifs is 1. The van der Waals surface area contributed by atoms with Gasteiger partial charge < -0.3 is 9.73 Å². The molecule has 0 radical (unpaired) electrons. The topological polar surface area (TPSA) is 63.8 Å². The van der Waals surface area contributed by atoms with Crippen LogP contribution in [0.2, 0.25) is 0 Å². The summed E-state index contributed by atoms with van der Waals surface area (Å²) in [5.41, 5.74) is 3.47. The molecule has 1 saturated carbocycles. The number of benzene rings is 1. The van der Waals surface area contributed by atoms with Crippen molar-refractivity contribution in [2.75, 3.05) is 5.32 Å². The van der Waals surface area contributed by atoms with Gasteiger partial charge in [0, 0.05) is 18.5 Å². The minimum atomic E-state index is 0.587.